The first kappa shape index (κ1) is 33.6. The van der Waals surface area contributed by atoms with Crippen LogP contribution in [0.1, 0.15) is 16.7 Å². The van der Waals surface area contributed by atoms with E-state index in [-0.39, 0.29) is 19.8 Å². The van der Waals surface area contributed by atoms with Crippen molar-refractivity contribution in [3.05, 3.63) is 108 Å². The van der Waals surface area contributed by atoms with Gasteiger partial charge in [0.05, 0.1) is 33.0 Å². The Morgan fingerprint density at radius 2 is 0.978 bits per heavy atom. The van der Waals surface area contributed by atoms with Crippen molar-refractivity contribution in [3.8, 4) is 0 Å². The Bertz CT molecular complexity index is 1190. The molecule has 5 rings (SSSR count). The second-order valence-electron chi connectivity index (χ2n) is 11.1. The first-order chi connectivity index (χ1) is 22.0. The van der Waals surface area contributed by atoms with Gasteiger partial charge < -0.3 is 53.6 Å². The molecule has 0 aromatic heterocycles. The van der Waals surface area contributed by atoms with E-state index in [2.05, 4.69) is 0 Å². The fraction of sp³-hybridized carbons (Fsp3) is 0.471. The summed E-state index contributed by atoms with van der Waals surface area (Å²) < 4.78 is 43.2. The molecule has 0 radical (unpaired) electrons. The van der Waals surface area contributed by atoms with Crippen molar-refractivity contribution in [2.75, 3.05) is 20.3 Å². The van der Waals surface area contributed by atoms with E-state index >= 15 is 0 Å². The van der Waals surface area contributed by atoms with Gasteiger partial charge in [-0.25, -0.2) is 0 Å². The molecular formula is C34H42O11. The van der Waals surface area contributed by atoms with E-state index in [4.69, 9.17) is 33.2 Å². The lowest BCUT2D eigenvalue weighted by atomic mass is 9.96. The molecule has 2 aliphatic rings. The number of benzene rings is 3. The summed E-state index contributed by atoms with van der Waals surface area (Å²) in [6.45, 7) is -0.528. The Morgan fingerprint density at radius 3 is 1.44 bits per heavy atom. The third-order valence-electron chi connectivity index (χ3n) is 7.98. The number of ether oxygens (including phenoxy) is 7. The van der Waals surface area contributed by atoms with E-state index in [9.17, 15) is 20.4 Å². The van der Waals surface area contributed by atoms with Gasteiger partial charge in [-0.1, -0.05) is 91.0 Å². The zero-order chi connectivity index (χ0) is 31.6. The SMILES string of the molecule is CO[C@H]1O[C@H](CO)[C@@H](OCc2ccccc2)[C@H](O[C@H]2O[C@H](CO)[C@H](O)[C@H](O)[C@H]2OCc2ccccc2)[C@H]1OCc1ccccc1. The molecule has 0 unspecified atom stereocenters. The summed E-state index contributed by atoms with van der Waals surface area (Å²) in [5.41, 5.74) is 2.62. The van der Waals surface area contributed by atoms with Crippen LogP contribution in [0.25, 0.3) is 0 Å². The topological polar surface area (TPSA) is 146 Å². The lowest BCUT2D eigenvalue weighted by Crippen LogP contribution is -2.65. The summed E-state index contributed by atoms with van der Waals surface area (Å²) in [6, 6.07) is 28.4. The van der Waals surface area contributed by atoms with Crippen LogP contribution in [0.5, 0.6) is 0 Å². The van der Waals surface area contributed by atoms with Gasteiger partial charge in [-0.2, -0.15) is 0 Å². The number of methoxy groups -OCH3 is 1. The van der Waals surface area contributed by atoms with Crippen molar-refractivity contribution in [1.29, 1.82) is 0 Å². The maximum absolute atomic E-state index is 11.2. The Kier molecular flexibility index (Phi) is 12.4. The van der Waals surface area contributed by atoms with Crippen LogP contribution in [0, 0.1) is 0 Å². The molecule has 2 aliphatic heterocycles. The van der Waals surface area contributed by atoms with Gasteiger partial charge in [-0.3, -0.25) is 0 Å². The average Bonchev–Trinajstić information content (AvgIpc) is 3.09. The molecule has 10 atom stereocenters. The quantitative estimate of drug-likeness (QED) is 0.208. The summed E-state index contributed by atoms with van der Waals surface area (Å²) in [6.07, 6.45) is -11.1. The van der Waals surface area contributed by atoms with Crippen molar-refractivity contribution in [2.24, 2.45) is 0 Å². The smallest absolute Gasteiger partial charge is 0.187 e. The molecule has 0 spiro atoms. The molecule has 3 aromatic rings. The predicted molar refractivity (Wildman–Crippen MR) is 160 cm³/mol. The van der Waals surface area contributed by atoms with E-state index in [1.807, 2.05) is 91.0 Å². The van der Waals surface area contributed by atoms with Crippen LogP contribution in [0.3, 0.4) is 0 Å². The van der Waals surface area contributed by atoms with Crippen LogP contribution in [-0.4, -0.2) is 102 Å². The molecule has 0 saturated carbocycles. The van der Waals surface area contributed by atoms with Crippen molar-refractivity contribution in [1.82, 2.24) is 0 Å². The maximum atomic E-state index is 11.2. The fourth-order valence-corrected chi connectivity index (χ4v) is 5.55. The number of hydrogen-bond donors (Lipinski definition) is 4. The van der Waals surface area contributed by atoms with E-state index in [1.54, 1.807) is 0 Å². The highest BCUT2D eigenvalue weighted by atomic mass is 16.8. The molecule has 0 aliphatic carbocycles. The van der Waals surface area contributed by atoms with Gasteiger partial charge in [0.1, 0.15) is 48.8 Å². The van der Waals surface area contributed by atoms with Crippen LogP contribution in [0.15, 0.2) is 91.0 Å². The Labute approximate surface area is 262 Å². The molecule has 45 heavy (non-hydrogen) atoms. The predicted octanol–water partition coefficient (Wildman–Crippen LogP) is 1.93. The summed E-state index contributed by atoms with van der Waals surface area (Å²) in [4.78, 5) is 0. The zero-order valence-corrected chi connectivity index (χ0v) is 25.1. The van der Waals surface area contributed by atoms with Gasteiger partial charge in [0.2, 0.25) is 0 Å². The highest BCUT2D eigenvalue weighted by Gasteiger charge is 2.53. The third-order valence-corrected chi connectivity index (χ3v) is 7.98. The van der Waals surface area contributed by atoms with Crippen LogP contribution in [0.2, 0.25) is 0 Å². The second-order valence-corrected chi connectivity index (χ2v) is 11.1. The highest BCUT2D eigenvalue weighted by molar-refractivity contribution is 5.15. The fourth-order valence-electron chi connectivity index (χ4n) is 5.55. The molecule has 0 amide bonds. The van der Waals surface area contributed by atoms with Crippen molar-refractivity contribution >= 4 is 0 Å². The lowest BCUT2D eigenvalue weighted by Gasteiger charge is -2.48. The molecule has 244 valence electrons. The normalized spacial score (nSPS) is 31.9. The molecular weight excluding hydrogens is 584 g/mol. The lowest BCUT2D eigenvalue weighted by molar-refractivity contribution is -0.371. The average molecular weight is 627 g/mol. The highest BCUT2D eigenvalue weighted by Crippen LogP contribution is 2.34. The van der Waals surface area contributed by atoms with Gasteiger partial charge in [0, 0.05) is 7.11 Å². The van der Waals surface area contributed by atoms with E-state index in [0.29, 0.717) is 0 Å². The van der Waals surface area contributed by atoms with Crippen LogP contribution in [0.4, 0.5) is 0 Å². The first-order valence-corrected chi connectivity index (χ1v) is 15.1. The molecule has 2 fully saturated rings. The third kappa shape index (κ3) is 8.53. The number of hydrogen-bond acceptors (Lipinski definition) is 11. The van der Waals surface area contributed by atoms with Gasteiger partial charge in [-0.05, 0) is 16.7 Å². The minimum Gasteiger partial charge on any atom is -0.394 e. The van der Waals surface area contributed by atoms with E-state index in [0.717, 1.165) is 16.7 Å². The van der Waals surface area contributed by atoms with Crippen LogP contribution in [-0.2, 0) is 53.0 Å². The van der Waals surface area contributed by atoms with Gasteiger partial charge in [-0.15, -0.1) is 0 Å². The monoisotopic (exact) mass is 626 g/mol. The summed E-state index contributed by atoms with van der Waals surface area (Å²) in [5, 5.41) is 42.2. The van der Waals surface area contributed by atoms with Crippen LogP contribution < -0.4 is 0 Å². The molecule has 2 heterocycles. The maximum Gasteiger partial charge on any atom is 0.187 e. The summed E-state index contributed by atoms with van der Waals surface area (Å²) >= 11 is 0. The molecule has 0 bridgehead atoms. The summed E-state index contributed by atoms with van der Waals surface area (Å²) in [5.74, 6) is 0. The molecule has 3 aromatic carbocycles. The van der Waals surface area contributed by atoms with Gasteiger partial charge in [0.15, 0.2) is 12.6 Å². The zero-order valence-electron chi connectivity index (χ0n) is 25.1. The minimum atomic E-state index is -1.45. The van der Waals surface area contributed by atoms with Gasteiger partial charge >= 0.3 is 0 Å². The number of aliphatic hydroxyl groups is 4. The van der Waals surface area contributed by atoms with E-state index in [1.165, 1.54) is 7.11 Å². The number of aliphatic hydroxyl groups excluding tert-OH is 4. The first-order valence-electron chi connectivity index (χ1n) is 15.1. The Hall–Kier alpha value is -2.78. The molecule has 4 N–H and O–H groups in total. The molecule has 11 nitrogen and oxygen atoms in total. The molecule has 2 saturated heterocycles. The van der Waals surface area contributed by atoms with Crippen LogP contribution >= 0.6 is 0 Å². The standard InChI is InChI=1S/C34H42O11/c1-39-33-32(42-21-24-15-9-4-10-16-24)31(29(26(18-36)44-33)40-19-22-11-5-2-6-12-22)45-34-30(28(38)27(37)25(17-35)43-34)41-20-23-13-7-3-8-14-23/h2-16,25-38H,17-21H2,1H3/t25-,26-,27+,28+,29-,30-,31+,32-,33+,34-/m1/s1. The largest absolute Gasteiger partial charge is 0.394 e. The van der Waals surface area contributed by atoms with Crippen molar-refractivity contribution in [3.63, 3.8) is 0 Å². The van der Waals surface area contributed by atoms with Gasteiger partial charge in [0.25, 0.3) is 0 Å². The van der Waals surface area contributed by atoms with Crippen molar-refractivity contribution < 1.29 is 53.6 Å². The minimum absolute atomic E-state index is 0.0951. The van der Waals surface area contributed by atoms with Crippen molar-refractivity contribution in [2.45, 2.75) is 81.2 Å². The number of rotatable bonds is 14. The van der Waals surface area contributed by atoms with E-state index < -0.39 is 74.6 Å². The second kappa shape index (κ2) is 16.7. The molecule has 11 heteroatoms. The Balaban J connectivity index is 1.45. The summed E-state index contributed by atoms with van der Waals surface area (Å²) in [7, 11) is 1.46. The Morgan fingerprint density at radius 1 is 0.533 bits per heavy atom.